The number of hydrogen-bond acceptors (Lipinski definition) is 3. The van der Waals surface area contributed by atoms with E-state index in [4.69, 9.17) is 4.74 Å². The molecule has 1 fully saturated rings. The molecule has 132 valence electrons. The van der Waals surface area contributed by atoms with Gasteiger partial charge in [0, 0.05) is 13.1 Å². The first-order chi connectivity index (χ1) is 11.4. The molecular weight excluding hydrogens is 304 g/mol. The summed E-state index contributed by atoms with van der Waals surface area (Å²) in [5.41, 5.74) is 0.998. The SMILES string of the molecule is COc1ccc(CN2CC(=O)N(CCCC(C)C)[C@@H](C)C2=O)cc1. The molecule has 0 unspecified atom stereocenters. The summed E-state index contributed by atoms with van der Waals surface area (Å²) in [5, 5.41) is 0. The van der Waals surface area contributed by atoms with Crippen molar-refractivity contribution in [1.82, 2.24) is 9.80 Å². The van der Waals surface area contributed by atoms with Gasteiger partial charge in [0.05, 0.1) is 7.11 Å². The highest BCUT2D eigenvalue weighted by Gasteiger charge is 2.35. The number of ether oxygens (including phenoxy) is 1. The Bertz CT molecular complexity index is 568. The Morgan fingerprint density at radius 1 is 1.21 bits per heavy atom. The Hall–Kier alpha value is -2.04. The van der Waals surface area contributed by atoms with Gasteiger partial charge < -0.3 is 14.5 Å². The average Bonchev–Trinajstić information content (AvgIpc) is 2.56. The zero-order valence-corrected chi connectivity index (χ0v) is 15.1. The van der Waals surface area contributed by atoms with Crippen molar-refractivity contribution in [3.8, 4) is 5.75 Å². The molecule has 2 rings (SSSR count). The molecule has 1 aromatic carbocycles. The Labute approximate surface area is 144 Å². The van der Waals surface area contributed by atoms with Crippen molar-refractivity contribution < 1.29 is 14.3 Å². The van der Waals surface area contributed by atoms with Crippen LogP contribution in [-0.4, -0.2) is 47.9 Å². The highest BCUT2D eigenvalue weighted by Crippen LogP contribution is 2.18. The van der Waals surface area contributed by atoms with Crippen molar-refractivity contribution in [2.45, 2.75) is 46.2 Å². The molecule has 1 atom stereocenters. The topological polar surface area (TPSA) is 49.9 Å². The third kappa shape index (κ3) is 4.49. The van der Waals surface area contributed by atoms with Gasteiger partial charge in [-0.25, -0.2) is 0 Å². The number of piperazine rings is 1. The third-order valence-electron chi connectivity index (χ3n) is 4.50. The molecule has 5 nitrogen and oxygen atoms in total. The molecule has 0 radical (unpaired) electrons. The molecular formula is C19H28N2O3. The summed E-state index contributed by atoms with van der Waals surface area (Å²) in [6.45, 7) is 7.46. The number of carbonyl (C=O) groups excluding carboxylic acids is 2. The minimum Gasteiger partial charge on any atom is -0.497 e. The van der Waals surface area contributed by atoms with E-state index < -0.39 is 0 Å². The number of rotatable bonds is 7. The molecule has 0 aliphatic carbocycles. The molecule has 2 amide bonds. The molecule has 1 heterocycles. The molecule has 0 N–H and O–H groups in total. The number of benzene rings is 1. The first-order valence-corrected chi connectivity index (χ1v) is 8.63. The summed E-state index contributed by atoms with van der Waals surface area (Å²) < 4.78 is 5.14. The Morgan fingerprint density at radius 3 is 2.46 bits per heavy atom. The van der Waals surface area contributed by atoms with Crippen molar-refractivity contribution in [2.75, 3.05) is 20.2 Å². The monoisotopic (exact) mass is 332 g/mol. The van der Waals surface area contributed by atoms with Crippen molar-refractivity contribution in [2.24, 2.45) is 5.92 Å². The van der Waals surface area contributed by atoms with Crippen LogP contribution in [0.25, 0.3) is 0 Å². The molecule has 0 spiro atoms. The van der Waals surface area contributed by atoms with Gasteiger partial charge in [0.1, 0.15) is 18.3 Å². The van der Waals surface area contributed by atoms with E-state index in [1.54, 1.807) is 16.9 Å². The molecule has 1 aromatic rings. The second kappa shape index (κ2) is 8.18. The predicted octanol–water partition coefficient (Wildman–Crippen LogP) is 2.69. The van der Waals surface area contributed by atoms with E-state index in [1.165, 1.54) is 0 Å². The first-order valence-electron chi connectivity index (χ1n) is 8.63. The van der Waals surface area contributed by atoms with E-state index in [2.05, 4.69) is 13.8 Å². The standard InChI is InChI=1S/C19H28N2O3/c1-14(2)6-5-11-21-15(3)19(23)20(13-18(21)22)12-16-7-9-17(24-4)10-8-16/h7-10,14-15H,5-6,11-13H2,1-4H3/t15-/m0/s1. The Kier molecular flexibility index (Phi) is 6.23. The Morgan fingerprint density at radius 2 is 1.88 bits per heavy atom. The van der Waals surface area contributed by atoms with Crippen LogP contribution in [-0.2, 0) is 16.1 Å². The fourth-order valence-electron chi connectivity index (χ4n) is 3.02. The summed E-state index contributed by atoms with van der Waals surface area (Å²) in [7, 11) is 1.62. The lowest BCUT2D eigenvalue weighted by Crippen LogP contribution is -2.58. The number of methoxy groups -OCH3 is 1. The first kappa shape index (κ1) is 18.3. The maximum Gasteiger partial charge on any atom is 0.245 e. The van der Waals surface area contributed by atoms with Gasteiger partial charge >= 0.3 is 0 Å². The molecule has 0 saturated carbocycles. The molecule has 0 aromatic heterocycles. The van der Waals surface area contributed by atoms with E-state index in [0.717, 1.165) is 24.2 Å². The van der Waals surface area contributed by atoms with E-state index in [-0.39, 0.29) is 24.4 Å². The van der Waals surface area contributed by atoms with Gasteiger partial charge in [-0.15, -0.1) is 0 Å². The zero-order chi connectivity index (χ0) is 17.7. The molecule has 5 heteroatoms. The predicted molar refractivity (Wildman–Crippen MR) is 93.7 cm³/mol. The van der Waals surface area contributed by atoms with Gasteiger partial charge in [-0.1, -0.05) is 26.0 Å². The lowest BCUT2D eigenvalue weighted by Gasteiger charge is -2.39. The normalized spacial score (nSPS) is 18.5. The Balaban J connectivity index is 1.97. The molecule has 1 aliphatic heterocycles. The third-order valence-corrected chi connectivity index (χ3v) is 4.50. The van der Waals surface area contributed by atoms with Crippen molar-refractivity contribution in [3.05, 3.63) is 29.8 Å². The number of hydrogen-bond donors (Lipinski definition) is 0. The number of carbonyl (C=O) groups is 2. The fourth-order valence-corrected chi connectivity index (χ4v) is 3.02. The van der Waals surface area contributed by atoms with Crippen LogP contribution >= 0.6 is 0 Å². The minimum absolute atomic E-state index is 0.0231. The summed E-state index contributed by atoms with van der Waals surface area (Å²) in [6, 6.07) is 7.21. The van der Waals surface area contributed by atoms with Crippen LogP contribution in [0.4, 0.5) is 0 Å². The van der Waals surface area contributed by atoms with Crippen LogP contribution in [0, 0.1) is 5.92 Å². The van der Waals surface area contributed by atoms with Crippen LogP contribution in [0.1, 0.15) is 39.2 Å². The highest BCUT2D eigenvalue weighted by atomic mass is 16.5. The van der Waals surface area contributed by atoms with Crippen LogP contribution in [0.3, 0.4) is 0 Å². The quantitative estimate of drug-likeness (QED) is 0.771. The fraction of sp³-hybridized carbons (Fsp3) is 0.579. The van der Waals surface area contributed by atoms with Gasteiger partial charge in [0.2, 0.25) is 11.8 Å². The zero-order valence-electron chi connectivity index (χ0n) is 15.1. The molecule has 24 heavy (non-hydrogen) atoms. The van der Waals surface area contributed by atoms with Gasteiger partial charge in [-0.3, -0.25) is 9.59 Å². The molecule has 1 saturated heterocycles. The summed E-state index contributed by atoms with van der Waals surface area (Å²) >= 11 is 0. The maximum absolute atomic E-state index is 12.6. The van der Waals surface area contributed by atoms with Crippen molar-refractivity contribution in [1.29, 1.82) is 0 Å². The summed E-state index contributed by atoms with van der Waals surface area (Å²) in [4.78, 5) is 28.4. The van der Waals surface area contributed by atoms with Crippen molar-refractivity contribution in [3.63, 3.8) is 0 Å². The lowest BCUT2D eigenvalue weighted by atomic mass is 10.1. The van der Waals surface area contributed by atoms with E-state index in [9.17, 15) is 9.59 Å². The molecule has 1 aliphatic rings. The lowest BCUT2D eigenvalue weighted by molar-refractivity contribution is -0.155. The van der Waals surface area contributed by atoms with Gasteiger partial charge in [0.25, 0.3) is 0 Å². The van der Waals surface area contributed by atoms with Gasteiger partial charge in [-0.2, -0.15) is 0 Å². The average molecular weight is 332 g/mol. The highest BCUT2D eigenvalue weighted by molar-refractivity contribution is 5.94. The maximum atomic E-state index is 12.6. The smallest absolute Gasteiger partial charge is 0.245 e. The van der Waals surface area contributed by atoms with Crippen LogP contribution in [0.15, 0.2) is 24.3 Å². The van der Waals surface area contributed by atoms with Gasteiger partial charge in [-0.05, 0) is 43.4 Å². The molecule has 0 bridgehead atoms. The second-order valence-electron chi connectivity index (χ2n) is 6.84. The number of amides is 2. The van der Waals surface area contributed by atoms with Crippen LogP contribution in [0.2, 0.25) is 0 Å². The van der Waals surface area contributed by atoms with E-state index >= 15 is 0 Å². The van der Waals surface area contributed by atoms with E-state index in [1.807, 2.05) is 31.2 Å². The summed E-state index contributed by atoms with van der Waals surface area (Å²) in [6.07, 6.45) is 2.01. The van der Waals surface area contributed by atoms with Gasteiger partial charge in [0.15, 0.2) is 0 Å². The second-order valence-corrected chi connectivity index (χ2v) is 6.84. The number of nitrogens with zero attached hydrogens (tertiary/aromatic N) is 2. The van der Waals surface area contributed by atoms with Crippen LogP contribution in [0.5, 0.6) is 5.75 Å². The largest absolute Gasteiger partial charge is 0.497 e. The van der Waals surface area contributed by atoms with E-state index in [0.29, 0.717) is 19.0 Å². The minimum atomic E-state index is -0.378. The van der Waals surface area contributed by atoms with Crippen molar-refractivity contribution >= 4 is 11.8 Å². The summed E-state index contributed by atoms with van der Waals surface area (Å²) in [5.74, 6) is 1.46. The van der Waals surface area contributed by atoms with Crippen LogP contribution < -0.4 is 4.74 Å².